The molecule has 21 heavy (non-hydrogen) atoms. The highest BCUT2D eigenvalue weighted by Crippen LogP contribution is 2.30. The lowest BCUT2D eigenvalue weighted by Gasteiger charge is -2.07. The molecule has 0 aliphatic rings. The fourth-order valence-corrected chi connectivity index (χ4v) is 2.18. The molecule has 0 aliphatic carbocycles. The van der Waals surface area contributed by atoms with Crippen molar-refractivity contribution in [2.24, 2.45) is 0 Å². The van der Waals surface area contributed by atoms with Gasteiger partial charge in [-0.05, 0) is 36.8 Å². The van der Waals surface area contributed by atoms with Crippen molar-refractivity contribution in [2.75, 3.05) is 5.32 Å². The zero-order valence-electron chi connectivity index (χ0n) is 10.8. The molecular weight excluding hydrogens is 317 g/mol. The number of aryl methyl sites for hydroxylation is 1. The van der Waals surface area contributed by atoms with Crippen LogP contribution in [0.25, 0.3) is 0 Å². The van der Waals surface area contributed by atoms with Crippen molar-refractivity contribution in [1.82, 2.24) is 4.98 Å². The average Bonchev–Trinajstić information content (AvgIpc) is 2.39. The quantitative estimate of drug-likeness (QED) is 0.685. The van der Waals surface area contributed by atoms with Gasteiger partial charge in [-0.3, -0.25) is 14.9 Å². The molecule has 1 heterocycles. The van der Waals surface area contributed by atoms with Gasteiger partial charge in [0.05, 0.1) is 9.95 Å². The molecule has 0 radical (unpaired) electrons. The first kappa shape index (κ1) is 15.2. The van der Waals surface area contributed by atoms with E-state index in [1.54, 1.807) is 13.0 Å². The highest BCUT2D eigenvalue weighted by molar-refractivity contribution is 6.33. The Hall–Kier alpha value is -2.18. The number of carbonyl (C=O) groups is 1. The van der Waals surface area contributed by atoms with Gasteiger partial charge >= 0.3 is 5.69 Å². The summed E-state index contributed by atoms with van der Waals surface area (Å²) in [6, 6.07) is 5.86. The van der Waals surface area contributed by atoms with Crippen LogP contribution in [0.1, 0.15) is 15.9 Å². The zero-order valence-corrected chi connectivity index (χ0v) is 12.3. The van der Waals surface area contributed by atoms with Crippen LogP contribution >= 0.6 is 23.2 Å². The van der Waals surface area contributed by atoms with Crippen LogP contribution in [0, 0.1) is 17.0 Å². The highest BCUT2D eigenvalue weighted by atomic mass is 35.5. The minimum absolute atomic E-state index is 0.0887. The van der Waals surface area contributed by atoms with E-state index in [0.717, 1.165) is 0 Å². The Labute approximate surface area is 129 Å². The first-order valence-corrected chi connectivity index (χ1v) is 6.51. The molecule has 2 aromatic rings. The predicted octanol–water partition coefficient (Wildman–Crippen LogP) is 3.86. The maximum atomic E-state index is 12.2. The fraction of sp³-hybridized carbons (Fsp3) is 0.0769. The van der Waals surface area contributed by atoms with Gasteiger partial charge in [0.1, 0.15) is 16.4 Å². The molecule has 108 valence electrons. The Balaban J connectivity index is 2.39. The number of nitrogens with zero attached hydrogens (tertiary/aromatic N) is 2. The molecule has 1 aromatic carbocycles. The fourth-order valence-electron chi connectivity index (χ4n) is 1.73. The summed E-state index contributed by atoms with van der Waals surface area (Å²) in [4.78, 5) is 26.5. The zero-order chi connectivity index (χ0) is 15.6. The third kappa shape index (κ3) is 3.48. The van der Waals surface area contributed by atoms with E-state index in [4.69, 9.17) is 23.2 Å². The minimum atomic E-state index is -0.689. The van der Waals surface area contributed by atoms with E-state index in [-0.39, 0.29) is 16.4 Å². The Bertz CT molecular complexity index is 717. The van der Waals surface area contributed by atoms with Crippen molar-refractivity contribution >= 4 is 40.6 Å². The van der Waals surface area contributed by atoms with E-state index in [1.807, 2.05) is 0 Å². The number of pyridine rings is 1. The van der Waals surface area contributed by atoms with Gasteiger partial charge in [-0.1, -0.05) is 23.2 Å². The summed E-state index contributed by atoms with van der Waals surface area (Å²) in [5, 5.41) is 13.9. The Kier molecular flexibility index (Phi) is 4.40. The SMILES string of the molecule is Cc1cc(Cl)c([N+](=O)[O-])c(C(=O)Nc2ccc(Cl)cn2)c1. The van der Waals surface area contributed by atoms with Crippen LogP contribution in [-0.4, -0.2) is 15.8 Å². The van der Waals surface area contributed by atoms with E-state index < -0.39 is 16.5 Å². The van der Waals surface area contributed by atoms with Gasteiger partial charge < -0.3 is 5.32 Å². The van der Waals surface area contributed by atoms with E-state index >= 15 is 0 Å². The lowest BCUT2D eigenvalue weighted by molar-refractivity contribution is -0.385. The third-order valence-corrected chi connectivity index (χ3v) is 3.12. The maximum Gasteiger partial charge on any atom is 0.300 e. The molecule has 1 N–H and O–H groups in total. The number of rotatable bonds is 3. The number of nitrogens with one attached hydrogen (secondary N) is 1. The second kappa shape index (κ2) is 6.07. The number of aromatic nitrogens is 1. The van der Waals surface area contributed by atoms with E-state index in [2.05, 4.69) is 10.3 Å². The summed E-state index contributed by atoms with van der Waals surface area (Å²) < 4.78 is 0. The average molecular weight is 326 g/mol. The Morgan fingerprint density at radius 1 is 1.33 bits per heavy atom. The summed E-state index contributed by atoms with van der Waals surface area (Å²) >= 11 is 11.5. The normalized spacial score (nSPS) is 10.2. The van der Waals surface area contributed by atoms with Gasteiger partial charge in [-0.15, -0.1) is 0 Å². The highest BCUT2D eigenvalue weighted by Gasteiger charge is 2.24. The monoisotopic (exact) mass is 325 g/mol. The van der Waals surface area contributed by atoms with Crippen LogP contribution in [0.4, 0.5) is 11.5 Å². The molecule has 0 unspecified atom stereocenters. The standard InChI is InChI=1S/C13H9Cl2N3O3/c1-7-4-9(12(18(20)21)10(15)5-7)13(19)17-11-3-2-8(14)6-16-11/h2-6H,1H3,(H,16,17,19). The molecule has 0 spiro atoms. The van der Waals surface area contributed by atoms with Crippen LogP contribution in [-0.2, 0) is 0 Å². The molecule has 1 aromatic heterocycles. The topological polar surface area (TPSA) is 85.1 Å². The van der Waals surface area contributed by atoms with Crippen molar-refractivity contribution in [3.63, 3.8) is 0 Å². The molecule has 0 aliphatic heterocycles. The lowest BCUT2D eigenvalue weighted by atomic mass is 10.1. The van der Waals surface area contributed by atoms with Crippen LogP contribution in [0.15, 0.2) is 30.5 Å². The van der Waals surface area contributed by atoms with E-state index in [0.29, 0.717) is 10.6 Å². The second-order valence-electron chi connectivity index (χ2n) is 4.22. The first-order chi connectivity index (χ1) is 9.88. The lowest BCUT2D eigenvalue weighted by Crippen LogP contribution is -2.15. The number of hydrogen-bond donors (Lipinski definition) is 1. The van der Waals surface area contributed by atoms with Gasteiger partial charge in [0, 0.05) is 6.20 Å². The van der Waals surface area contributed by atoms with Crippen molar-refractivity contribution in [2.45, 2.75) is 6.92 Å². The number of amides is 1. The molecule has 0 bridgehead atoms. The van der Waals surface area contributed by atoms with Crippen LogP contribution < -0.4 is 5.32 Å². The van der Waals surface area contributed by atoms with Gasteiger partial charge in [-0.25, -0.2) is 4.98 Å². The third-order valence-electron chi connectivity index (χ3n) is 2.60. The first-order valence-electron chi connectivity index (χ1n) is 5.76. The summed E-state index contributed by atoms with van der Waals surface area (Å²) in [7, 11) is 0. The Morgan fingerprint density at radius 3 is 2.62 bits per heavy atom. The van der Waals surface area contributed by atoms with Crippen molar-refractivity contribution in [3.05, 3.63) is 61.7 Å². The molecule has 6 nitrogen and oxygen atoms in total. The summed E-state index contributed by atoms with van der Waals surface area (Å²) in [6.45, 7) is 1.69. The number of anilines is 1. The molecular formula is C13H9Cl2N3O3. The van der Waals surface area contributed by atoms with Crippen molar-refractivity contribution in [1.29, 1.82) is 0 Å². The largest absolute Gasteiger partial charge is 0.306 e. The molecule has 0 saturated heterocycles. The number of nitro benzene ring substituents is 1. The minimum Gasteiger partial charge on any atom is -0.306 e. The molecule has 0 atom stereocenters. The number of nitro groups is 1. The van der Waals surface area contributed by atoms with Crippen LogP contribution in [0.5, 0.6) is 0 Å². The number of benzene rings is 1. The van der Waals surface area contributed by atoms with Crippen LogP contribution in [0.2, 0.25) is 10.0 Å². The number of halogens is 2. The van der Waals surface area contributed by atoms with Gasteiger partial charge in [0.15, 0.2) is 0 Å². The van der Waals surface area contributed by atoms with Crippen molar-refractivity contribution < 1.29 is 9.72 Å². The van der Waals surface area contributed by atoms with Gasteiger partial charge in [-0.2, -0.15) is 0 Å². The predicted molar refractivity (Wildman–Crippen MR) is 80.0 cm³/mol. The summed E-state index contributed by atoms with van der Waals surface area (Å²) in [5.41, 5.74) is 0.0790. The van der Waals surface area contributed by atoms with E-state index in [9.17, 15) is 14.9 Å². The van der Waals surface area contributed by atoms with E-state index in [1.165, 1.54) is 24.4 Å². The van der Waals surface area contributed by atoms with Gasteiger partial charge in [0.25, 0.3) is 5.91 Å². The molecule has 8 heteroatoms. The summed E-state index contributed by atoms with van der Waals surface area (Å²) in [5.74, 6) is -0.432. The molecule has 0 fully saturated rings. The summed E-state index contributed by atoms with van der Waals surface area (Å²) in [6.07, 6.45) is 1.36. The molecule has 0 saturated carbocycles. The smallest absolute Gasteiger partial charge is 0.300 e. The second-order valence-corrected chi connectivity index (χ2v) is 5.06. The molecule has 2 rings (SSSR count). The maximum absolute atomic E-state index is 12.2. The number of hydrogen-bond acceptors (Lipinski definition) is 4. The van der Waals surface area contributed by atoms with Gasteiger partial charge in [0.2, 0.25) is 0 Å². The number of carbonyl (C=O) groups excluding carboxylic acids is 1. The molecule has 1 amide bonds. The van der Waals surface area contributed by atoms with Crippen molar-refractivity contribution in [3.8, 4) is 0 Å². The Morgan fingerprint density at radius 2 is 2.05 bits per heavy atom. The van der Waals surface area contributed by atoms with Crippen LogP contribution in [0.3, 0.4) is 0 Å².